The monoisotopic (exact) mass is 352 g/mol. The van der Waals surface area contributed by atoms with Crippen LogP contribution in [0.5, 0.6) is 0 Å². The Labute approximate surface area is 140 Å². The number of hydrogen-bond donors (Lipinski definition) is 1. The average molecular weight is 353 g/mol. The second kappa shape index (κ2) is 6.35. The van der Waals surface area contributed by atoms with Gasteiger partial charge in [0.25, 0.3) is 0 Å². The lowest BCUT2D eigenvalue weighted by Gasteiger charge is -2.36. The van der Waals surface area contributed by atoms with Gasteiger partial charge in [0, 0.05) is 43.1 Å². The molecule has 0 spiro atoms. The Hall–Kier alpha value is -1.83. The zero-order valence-electron chi connectivity index (χ0n) is 12.4. The van der Waals surface area contributed by atoms with E-state index in [1.54, 1.807) is 6.07 Å². The van der Waals surface area contributed by atoms with Crippen LogP contribution in [0.3, 0.4) is 0 Å². The summed E-state index contributed by atoms with van der Waals surface area (Å²) in [5, 5.41) is 5.81. The molecule has 2 heterocycles. The number of aromatic nitrogens is 1. The molecule has 0 aliphatic carbocycles. The van der Waals surface area contributed by atoms with Crippen molar-refractivity contribution in [3.63, 3.8) is 0 Å². The molecule has 6 nitrogen and oxygen atoms in total. The van der Waals surface area contributed by atoms with E-state index < -0.39 is 10.0 Å². The lowest BCUT2D eigenvalue weighted by Crippen LogP contribution is -2.46. The second-order valence-corrected chi connectivity index (χ2v) is 7.35. The quantitative estimate of drug-likeness (QED) is 0.909. The van der Waals surface area contributed by atoms with Crippen LogP contribution in [-0.2, 0) is 10.0 Å². The highest BCUT2D eigenvalue weighted by Gasteiger charge is 2.19. The number of benzene rings is 1. The van der Waals surface area contributed by atoms with Gasteiger partial charge in [0.1, 0.15) is 10.7 Å². The minimum atomic E-state index is -3.70. The number of anilines is 2. The van der Waals surface area contributed by atoms with Crippen molar-refractivity contribution < 1.29 is 8.42 Å². The van der Waals surface area contributed by atoms with E-state index in [9.17, 15) is 8.42 Å². The Morgan fingerprint density at radius 3 is 2.30 bits per heavy atom. The van der Waals surface area contributed by atoms with Crippen LogP contribution in [0.15, 0.2) is 47.5 Å². The molecule has 1 aliphatic rings. The summed E-state index contributed by atoms with van der Waals surface area (Å²) in [6.45, 7) is 3.29. The third-order valence-electron chi connectivity index (χ3n) is 3.83. The summed E-state index contributed by atoms with van der Waals surface area (Å²) in [6, 6.07) is 11.0. The van der Waals surface area contributed by atoms with Gasteiger partial charge < -0.3 is 9.80 Å². The number of nitrogens with zero attached hydrogens (tertiary/aromatic N) is 3. The molecular weight excluding hydrogens is 336 g/mol. The Kier molecular flexibility index (Phi) is 4.43. The Morgan fingerprint density at radius 1 is 1.04 bits per heavy atom. The van der Waals surface area contributed by atoms with Gasteiger partial charge in [-0.1, -0.05) is 17.7 Å². The van der Waals surface area contributed by atoms with Crippen molar-refractivity contribution in [1.29, 1.82) is 0 Å². The highest BCUT2D eigenvalue weighted by atomic mass is 35.5. The first kappa shape index (κ1) is 16.0. The van der Waals surface area contributed by atoms with Gasteiger partial charge in [-0.3, -0.25) is 0 Å². The number of sulfonamides is 1. The Bertz CT molecular complexity index is 787. The SMILES string of the molecule is NS(=O)(=O)c1ccc(N2CCN(c3cccc(Cl)c3)CC2)nc1. The van der Waals surface area contributed by atoms with Crippen LogP contribution in [0.1, 0.15) is 0 Å². The van der Waals surface area contributed by atoms with Crippen LogP contribution in [0.4, 0.5) is 11.5 Å². The number of hydrogen-bond acceptors (Lipinski definition) is 5. The lowest BCUT2D eigenvalue weighted by molar-refractivity contribution is 0.597. The van der Waals surface area contributed by atoms with Gasteiger partial charge in [0.05, 0.1) is 0 Å². The van der Waals surface area contributed by atoms with Crippen LogP contribution in [0, 0.1) is 0 Å². The van der Waals surface area contributed by atoms with E-state index in [1.165, 1.54) is 12.3 Å². The third kappa shape index (κ3) is 3.74. The van der Waals surface area contributed by atoms with Crippen LogP contribution in [-0.4, -0.2) is 39.6 Å². The van der Waals surface area contributed by atoms with Crippen LogP contribution < -0.4 is 14.9 Å². The fourth-order valence-electron chi connectivity index (χ4n) is 2.59. The molecule has 0 radical (unpaired) electrons. The van der Waals surface area contributed by atoms with Gasteiger partial charge in [0.2, 0.25) is 10.0 Å². The molecular formula is C15H17ClN4O2S. The molecule has 2 aromatic rings. The molecule has 1 saturated heterocycles. The molecule has 0 unspecified atom stereocenters. The Morgan fingerprint density at radius 2 is 1.74 bits per heavy atom. The molecule has 0 saturated carbocycles. The van der Waals surface area contributed by atoms with Gasteiger partial charge in [-0.15, -0.1) is 0 Å². The number of rotatable bonds is 3. The van der Waals surface area contributed by atoms with Gasteiger partial charge in [-0.05, 0) is 30.3 Å². The summed E-state index contributed by atoms with van der Waals surface area (Å²) in [4.78, 5) is 8.62. The largest absolute Gasteiger partial charge is 0.368 e. The van der Waals surface area contributed by atoms with Crippen molar-refractivity contribution in [2.24, 2.45) is 5.14 Å². The fourth-order valence-corrected chi connectivity index (χ4v) is 3.24. The number of halogens is 1. The average Bonchev–Trinajstić information content (AvgIpc) is 2.54. The zero-order chi connectivity index (χ0) is 16.4. The van der Waals surface area contributed by atoms with Crippen molar-refractivity contribution in [3.05, 3.63) is 47.6 Å². The maximum absolute atomic E-state index is 11.3. The molecule has 3 rings (SSSR count). The van der Waals surface area contributed by atoms with Gasteiger partial charge in [0.15, 0.2) is 0 Å². The summed E-state index contributed by atoms with van der Waals surface area (Å²) in [6.07, 6.45) is 1.30. The molecule has 1 aromatic heterocycles. The number of piperazine rings is 1. The standard InChI is InChI=1S/C15H17ClN4O2S/c16-12-2-1-3-13(10-12)19-6-8-20(9-7-19)15-5-4-14(11-18-15)23(17,21)22/h1-5,10-11H,6-9H2,(H2,17,21,22). The molecule has 1 fully saturated rings. The van der Waals surface area contributed by atoms with Gasteiger partial charge in [-0.25, -0.2) is 18.5 Å². The first-order valence-electron chi connectivity index (χ1n) is 7.18. The highest BCUT2D eigenvalue weighted by Crippen LogP contribution is 2.22. The fraction of sp³-hybridized carbons (Fsp3) is 0.267. The first-order valence-corrected chi connectivity index (χ1v) is 9.10. The Balaban J connectivity index is 1.67. The minimum Gasteiger partial charge on any atom is -0.368 e. The van der Waals surface area contributed by atoms with Gasteiger partial charge in [-0.2, -0.15) is 0 Å². The van der Waals surface area contributed by atoms with Crippen LogP contribution in [0.25, 0.3) is 0 Å². The maximum atomic E-state index is 11.3. The number of primary sulfonamides is 1. The maximum Gasteiger partial charge on any atom is 0.239 e. The second-order valence-electron chi connectivity index (χ2n) is 5.35. The van der Waals surface area contributed by atoms with Crippen LogP contribution in [0.2, 0.25) is 5.02 Å². The molecule has 122 valence electrons. The number of pyridine rings is 1. The molecule has 8 heteroatoms. The summed E-state index contributed by atoms with van der Waals surface area (Å²) in [5.74, 6) is 0.753. The van der Waals surface area contributed by atoms with Crippen molar-refractivity contribution in [3.8, 4) is 0 Å². The molecule has 1 aliphatic heterocycles. The molecule has 0 amide bonds. The zero-order valence-corrected chi connectivity index (χ0v) is 14.0. The third-order valence-corrected chi connectivity index (χ3v) is 4.96. The molecule has 0 bridgehead atoms. The van der Waals surface area contributed by atoms with E-state index in [0.29, 0.717) is 0 Å². The van der Waals surface area contributed by atoms with Crippen molar-refractivity contribution in [2.75, 3.05) is 36.0 Å². The number of nitrogens with two attached hydrogens (primary N) is 1. The molecule has 23 heavy (non-hydrogen) atoms. The van der Waals surface area contributed by atoms with E-state index in [4.69, 9.17) is 16.7 Å². The predicted octanol–water partition coefficient (Wildman–Crippen LogP) is 1.71. The molecule has 0 atom stereocenters. The van der Waals surface area contributed by atoms with E-state index >= 15 is 0 Å². The van der Waals surface area contributed by atoms with Crippen LogP contribution >= 0.6 is 11.6 Å². The topological polar surface area (TPSA) is 79.5 Å². The van der Waals surface area contributed by atoms with Crippen molar-refractivity contribution >= 4 is 33.1 Å². The predicted molar refractivity (Wildman–Crippen MR) is 91.5 cm³/mol. The summed E-state index contributed by atoms with van der Waals surface area (Å²) >= 11 is 6.03. The normalized spacial score (nSPS) is 15.7. The van der Waals surface area contributed by atoms with Crippen molar-refractivity contribution in [1.82, 2.24) is 4.98 Å². The summed E-state index contributed by atoms with van der Waals surface area (Å²) in [5.41, 5.74) is 1.11. The summed E-state index contributed by atoms with van der Waals surface area (Å²) in [7, 11) is -3.70. The smallest absolute Gasteiger partial charge is 0.239 e. The van der Waals surface area contributed by atoms with E-state index in [0.717, 1.165) is 42.7 Å². The van der Waals surface area contributed by atoms with E-state index in [1.807, 2.05) is 24.3 Å². The van der Waals surface area contributed by atoms with E-state index in [2.05, 4.69) is 14.8 Å². The lowest BCUT2D eigenvalue weighted by atomic mass is 10.2. The molecule has 1 aromatic carbocycles. The van der Waals surface area contributed by atoms with Gasteiger partial charge >= 0.3 is 0 Å². The summed E-state index contributed by atoms with van der Waals surface area (Å²) < 4.78 is 22.5. The van der Waals surface area contributed by atoms with E-state index in [-0.39, 0.29) is 4.90 Å². The minimum absolute atomic E-state index is 0.0267. The molecule has 2 N–H and O–H groups in total. The highest BCUT2D eigenvalue weighted by molar-refractivity contribution is 7.89. The van der Waals surface area contributed by atoms with Crippen molar-refractivity contribution in [2.45, 2.75) is 4.90 Å². The first-order chi connectivity index (χ1) is 10.9.